The molecule has 2 unspecified atom stereocenters. The summed E-state index contributed by atoms with van der Waals surface area (Å²) in [6.45, 7) is 2.31. The van der Waals surface area contributed by atoms with Gasteiger partial charge in [0.2, 0.25) is 0 Å². The highest BCUT2D eigenvalue weighted by Crippen LogP contribution is 2.60. The number of hydrogen-bond donors (Lipinski definition) is 1. The van der Waals surface area contributed by atoms with E-state index in [4.69, 9.17) is 5.73 Å². The molecule has 0 spiro atoms. The molecule has 1 aromatic rings. The summed E-state index contributed by atoms with van der Waals surface area (Å²) in [4.78, 5) is 0. The van der Waals surface area contributed by atoms with Crippen LogP contribution in [0.5, 0.6) is 0 Å². The Morgan fingerprint density at radius 1 is 1.50 bits per heavy atom. The van der Waals surface area contributed by atoms with Crippen LogP contribution in [0.4, 0.5) is 5.69 Å². The highest BCUT2D eigenvalue weighted by atomic mass is 14.6. The largest absolute Gasteiger partial charge is 0.398 e. The van der Waals surface area contributed by atoms with Crippen LogP contribution in [0.1, 0.15) is 49.7 Å². The second kappa shape index (κ2) is 2.53. The molecule has 0 heterocycles. The summed E-state index contributed by atoms with van der Waals surface area (Å²) in [5.41, 5.74) is 10.7. The van der Waals surface area contributed by atoms with Crippen molar-refractivity contribution in [2.45, 2.75) is 43.9 Å². The molecule has 1 heteroatoms. The molecule has 0 saturated heterocycles. The van der Waals surface area contributed by atoms with Crippen LogP contribution in [0, 0.1) is 0 Å². The van der Waals surface area contributed by atoms with Crippen LogP contribution in [-0.4, -0.2) is 0 Å². The minimum absolute atomic E-state index is 0.450. The van der Waals surface area contributed by atoms with Gasteiger partial charge in [-0.3, -0.25) is 0 Å². The Morgan fingerprint density at radius 2 is 2.36 bits per heavy atom. The monoisotopic (exact) mass is 187 g/mol. The Kier molecular flexibility index (Phi) is 1.51. The van der Waals surface area contributed by atoms with Crippen LogP contribution in [-0.2, 0) is 5.41 Å². The van der Waals surface area contributed by atoms with Crippen LogP contribution in [0.25, 0.3) is 0 Å². The van der Waals surface area contributed by atoms with E-state index in [0.717, 1.165) is 11.6 Å². The zero-order valence-electron chi connectivity index (χ0n) is 8.72. The van der Waals surface area contributed by atoms with E-state index >= 15 is 0 Å². The van der Waals surface area contributed by atoms with Crippen molar-refractivity contribution in [1.82, 2.24) is 0 Å². The van der Waals surface area contributed by atoms with E-state index in [1.54, 1.807) is 5.56 Å². The minimum atomic E-state index is 0.450. The van der Waals surface area contributed by atoms with Crippen molar-refractivity contribution in [1.29, 1.82) is 0 Å². The summed E-state index contributed by atoms with van der Waals surface area (Å²) in [6, 6.07) is 6.46. The Hall–Kier alpha value is -0.980. The molecule has 0 aromatic heterocycles. The van der Waals surface area contributed by atoms with Gasteiger partial charge in [0.25, 0.3) is 0 Å². The van der Waals surface area contributed by atoms with Crippen molar-refractivity contribution in [3.05, 3.63) is 29.3 Å². The van der Waals surface area contributed by atoms with Gasteiger partial charge in [-0.2, -0.15) is 0 Å². The third-order valence-electron chi connectivity index (χ3n) is 4.38. The lowest BCUT2D eigenvalue weighted by atomic mass is 9.76. The molecule has 0 aliphatic heterocycles. The van der Waals surface area contributed by atoms with E-state index in [1.165, 1.54) is 31.2 Å². The van der Waals surface area contributed by atoms with Crippen molar-refractivity contribution >= 4 is 5.69 Å². The van der Waals surface area contributed by atoms with Crippen molar-refractivity contribution in [3.8, 4) is 0 Å². The molecule has 3 rings (SSSR count). The highest BCUT2D eigenvalue weighted by Gasteiger charge is 2.48. The summed E-state index contributed by atoms with van der Waals surface area (Å²) >= 11 is 0. The number of fused-ring (bicyclic) bond motifs is 5. The molecule has 2 aliphatic carbocycles. The smallest absolute Gasteiger partial charge is 0.0355 e. The average Bonchev–Trinajstić information content (AvgIpc) is 2.75. The fraction of sp³-hybridized carbons (Fsp3) is 0.538. The van der Waals surface area contributed by atoms with E-state index < -0.39 is 0 Å². The van der Waals surface area contributed by atoms with Crippen molar-refractivity contribution in [2.75, 3.05) is 5.73 Å². The van der Waals surface area contributed by atoms with Gasteiger partial charge in [-0.1, -0.05) is 19.1 Å². The standard InChI is InChI=1S/C13H17N/c1-2-13-7-6-9(8-13)10-4-3-5-11(14)12(10)13/h3-5,9H,2,6-8,14H2,1H3. The number of rotatable bonds is 1. The molecule has 0 radical (unpaired) electrons. The zero-order valence-corrected chi connectivity index (χ0v) is 8.72. The molecule has 2 atom stereocenters. The van der Waals surface area contributed by atoms with Crippen LogP contribution < -0.4 is 5.73 Å². The molecule has 1 aromatic carbocycles. The molecule has 2 N–H and O–H groups in total. The first-order valence-electron chi connectivity index (χ1n) is 5.66. The van der Waals surface area contributed by atoms with Crippen LogP contribution in [0.2, 0.25) is 0 Å². The summed E-state index contributed by atoms with van der Waals surface area (Å²) in [7, 11) is 0. The third kappa shape index (κ3) is 0.807. The number of nitrogen functional groups attached to an aromatic ring is 1. The van der Waals surface area contributed by atoms with Crippen LogP contribution in [0.3, 0.4) is 0 Å². The first-order chi connectivity index (χ1) is 6.77. The fourth-order valence-corrected chi connectivity index (χ4v) is 3.66. The SMILES string of the molecule is CCC12CCC(C1)c1cccc(N)c12. The van der Waals surface area contributed by atoms with Gasteiger partial charge in [0, 0.05) is 5.69 Å². The molecule has 14 heavy (non-hydrogen) atoms. The van der Waals surface area contributed by atoms with Gasteiger partial charge in [-0.15, -0.1) is 0 Å². The minimum Gasteiger partial charge on any atom is -0.398 e. The molecule has 0 amide bonds. The van der Waals surface area contributed by atoms with Crippen molar-refractivity contribution in [2.24, 2.45) is 0 Å². The highest BCUT2D eigenvalue weighted by molar-refractivity contribution is 5.60. The number of hydrogen-bond acceptors (Lipinski definition) is 1. The average molecular weight is 187 g/mol. The maximum atomic E-state index is 6.12. The summed E-state index contributed by atoms with van der Waals surface area (Å²) in [6.07, 6.45) is 5.34. The van der Waals surface area contributed by atoms with Gasteiger partial charge in [0.1, 0.15) is 0 Å². The molecule has 1 saturated carbocycles. The molecule has 1 fully saturated rings. The number of benzene rings is 1. The lowest BCUT2D eigenvalue weighted by molar-refractivity contribution is 0.438. The second-order valence-electron chi connectivity index (χ2n) is 4.89. The Bertz CT molecular complexity index is 383. The van der Waals surface area contributed by atoms with Crippen LogP contribution in [0.15, 0.2) is 18.2 Å². The van der Waals surface area contributed by atoms with E-state index in [9.17, 15) is 0 Å². The van der Waals surface area contributed by atoms with E-state index in [2.05, 4.69) is 25.1 Å². The van der Waals surface area contributed by atoms with Crippen LogP contribution >= 0.6 is 0 Å². The second-order valence-corrected chi connectivity index (χ2v) is 4.89. The zero-order chi connectivity index (χ0) is 9.76. The predicted octanol–water partition coefficient (Wildman–Crippen LogP) is 3.20. The van der Waals surface area contributed by atoms with Gasteiger partial charge in [0.15, 0.2) is 0 Å². The normalized spacial score (nSPS) is 33.4. The Morgan fingerprint density at radius 3 is 3.14 bits per heavy atom. The first kappa shape index (κ1) is 8.34. The maximum absolute atomic E-state index is 6.12. The molecule has 2 bridgehead atoms. The van der Waals surface area contributed by atoms with Gasteiger partial charge >= 0.3 is 0 Å². The third-order valence-corrected chi connectivity index (χ3v) is 4.38. The first-order valence-corrected chi connectivity index (χ1v) is 5.66. The van der Waals surface area contributed by atoms with Gasteiger partial charge in [-0.05, 0) is 54.2 Å². The van der Waals surface area contributed by atoms with Crippen molar-refractivity contribution < 1.29 is 0 Å². The molecule has 74 valence electrons. The van der Waals surface area contributed by atoms with Gasteiger partial charge in [-0.25, -0.2) is 0 Å². The van der Waals surface area contributed by atoms with Crippen molar-refractivity contribution in [3.63, 3.8) is 0 Å². The Labute approximate surface area is 85.3 Å². The Balaban J connectivity index is 2.26. The quantitative estimate of drug-likeness (QED) is 0.671. The lowest BCUT2D eigenvalue weighted by Crippen LogP contribution is -2.21. The molecule has 2 aliphatic rings. The molecule has 1 nitrogen and oxygen atoms in total. The van der Waals surface area contributed by atoms with E-state index in [1.807, 2.05) is 0 Å². The number of nitrogens with two attached hydrogens (primary N) is 1. The fourth-order valence-electron chi connectivity index (χ4n) is 3.66. The predicted molar refractivity (Wildman–Crippen MR) is 59.4 cm³/mol. The maximum Gasteiger partial charge on any atom is 0.0355 e. The molecular formula is C13H17N. The summed E-state index contributed by atoms with van der Waals surface area (Å²) < 4.78 is 0. The number of anilines is 1. The van der Waals surface area contributed by atoms with Gasteiger partial charge < -0.3 is 5.73 Å². The van der Waals surface area contributed by atoms with Gasteiger partial charge in [0.05, 0.1) is 0 Å². The van der Waals surface area contributed by atoms with E-state index in [0.29, 0.717) is 5.41 Å². The van der Waals surface area contributed by atoms with E-state index in [-0.39, 0.29) is 0 Å². The molecular weight excluding hydrogens is 170 g/mol. The topological polar surface area (TPSA) is 26.0 Å². The summed E-state index contributed by atoms with van der Waals surface area (Å²) in [5.74, 6) is 0.813. The lowest BCUT2D eigenvalue weighted by Gasteiger charge is -2.28. The summed E-state index contributed by atoms with van der Waals surface area (Å²) in [5, 5.41) is 0.